The number of ether oxygens (including phenoxy) is 1. The van der Waals surface area contributed by atoms with E-state index < -0.39 is 0 Å². The van der Waals surface area contributed by atoms with Crippen molar-refractivity contribution in [3.05, 3.63) is 0 Å². The van der Waals surface area contributed by atoms with E-state index in [4.69, 9.17) is 4.74 Å². The van der Waals surface area contributed by atoms with Crippen LogP contribution in [0.4, 0.5) is 0 Å². The van der Waals surface area contributed by atoms with Crippen LogP contribution in [0.5, 0.6) is 0 Å². The van der Waals surface area contributed by atoms with Crippen LogP contribution in [0.3, 0.4) is 0 Å². The summed E-state index contributed by atoms with van der Waals surface area (Å²) in [4.78, 5) is 11.5. The van der Waals surface area contributed by atoms with Gasteiger partial charge in [0.2, 0.25) is 0 Å². The van der Waals surface area contributed by atoms with Gasteiger partial charge in [-0.3, -0.25) is 4.79 Å². The maximum absolute atomic E-state index is 11.5. The van der Waals surface area contributed by atoms with Crippen LogP contribution >= 0.6 is 0 Å². The van der Waals surface area contributed by atoms with Crippen LogP contribution in [0, 0.1) is 17.3 Å². The van der Waals surface area contributed by atoms with Gasteiger partial charge >= 0.3 is 5.97 Å². The number of esters is 1. The van der Waals surface area contributed by atoms with E-state index in [1.54, 1.807) is 0 Å². The van der Waals surface area contributed by atoms with Gasteiger partial charge in [-0.05, 0) is 24.2 Å². The Kier molecular flexibility index (Phi) is 2.99. The highest BCUT2D eigenvalue weighted by atomic mass is 16.5. The van der Waals surface area contributed by atoms with Gasteiger partial charge in [-0.25, -0.2) is 0 Å². The average Bonchev–Trinajstić information content (AvgIpc) is 2.80. The Balaban J connectivity index is 2.28. The molecule has 1 aliphatic carbocycles. The molecule has 2 nitrogen and oxygen atoms in total. The van der Waals surface area contributed by atoms with Gasteiger partial charge in [-0.2, -0.15) is 0 Å². The number of hydrogen-bond acceptors (Lipinski definition) is 2. The number of rotatable bonds is 3. The van der Waals surface area contributed by atoms with E-state index in [-0.39, 0.29) is 17.3 Å². The summed E-state index contributed by atoms with van der Waals surface area (Å²) in [6.45, 7) is 8.77. The fourth-order valence-electron chi connectivity index (χ4n) is 0.963. The van der Waals surface area contributed by atoms with Gasteiger partial charge in [0.25, 0.3) is 0 Å². The second-order valence-electron chi connectivity index (χ2n) is 5.16. The Morgan fingerprint density at radius 1 is 1.46 bits per heavy atom. The molecule has 0 spiro atoms. The van der Waals surface area contributed by atoms with Gasteiger partial charge in [0.1, 0.15) is 0 Å². The molecule has 1 fully saturated rings. The molecule has 0 amide bonds. The van der Waals surface area contributed by atoms with Crippen molar-refractivity contribution in [2.45, 2.75) is 40.5 Å². The van der Waals surface area contributed by atoms with Gasteiger partial charge in [0.15, 0.2) is 0 Å². The Morgan fingerprint density at radius 2 is 2.00 bits per heavy atom. The van der Waals surface area contributed by atoms with Crippen LogP contribution in [-0.2, 0) is 9.53 Å². The van der Waals surface area contributed by atoms with Crippen molar-refractivity contribution in [1.82, 2.24) is 0 Å². The van der Waals surface area contributed by atoms with Gasteiger partial charge in [-0.15, -0.1) is 0 Å². The van der Waals surface area contributed by atoms with E-state index >= 15 is 0 Å². The molecule has 0 bridgehead atoms. The highest BCUT2D eigenvalue weighted by molar-refractivity contribution is 5.72. The first-order valence-electron chi connectivity index (χ1n) is 5.08. The molecule has 0 radical (unpaired) electrons. The van der Waals surface area contributed by atoms with E-state index in [1.807, 2.05) is 6.92 Å². The minimum Gasteiger partial charge on any atom is -0.465 e. The monoisotopic (exact) mass is 184 g/mol. The van der Waals surface area contributed by atoms with E-state index in [2.05, 4.69) is 20.8 Å². The zero-order chi connectivity index (χ0) is 10.1. The summed E-state index contributed by atoms with van der Waals surface area (Å²) in [6.07, 6.45) is 2.47. The third-order valence-electron chi connectivity index (χ3n) is 2.81. The maximum Gasteiger partial charge on any atom is 0.309 e. The molecule has 0 heterocycles. The van der Waals surface area contributed by atoms with E-state index in [9.17, 15) is 4.79 Å². The van der Waals surface area contributed by atoms with Crippen LogP contribution in [0.25, 0.3) is 0 Å². The lowest BCUT2D eigenvalue weighted by atomic mass is 9.82. The van der Waals surface area contributed by atoms with Crippen molar-refractivity contribution < 1.29 is 9.53 Å². The highest BCUT2D eigenvalue weighted by Crippen LogP contribution is 2.31. The van der Waals surface area contributed by atoms with Crippen molar-refractivity contribution in [2.75, 3.05) is 6.61 Å². The lowest BCUT2D eigenvalue weighted by Crippen LogP contribution is -2.28. The first-order chi connectivity index (χ1) is 5.91. The minimum absolute atomic E-state index is 0.00810. The highest BCUT2D eigenvalue weighted by Gasteiger charge is 2.30. The molecule has 0 N–H and O–H groups in total. The molecular formula is C11H20O2. The van der Waals surface area contributed by atoms with Crippen LogP contribution in [0.1, 0.15) is 40.5 Å². The number of carbonyl (C=O) groups is 1. The molecule has 1 saturated carbocycles. The topological polar surface area (TPSA) is 26.3 Å². The van der Waals surface area contributed by atoms with E-state index in [0.29, 0.717) is 12.5 Å². The Morgan fingerprint density at radius 3 is 2.38 bits per heavy atom. The summed E-state index contributed by atoms with van der Waals surface area (Å²) < 4.78 is 5.22. The molecule has 13 heavy (non-hydrogen) atoms. The minimum atomic E-state index is -0.0422. The van der Waals surface area contributed by atoms with Crippen molar-refractivity contribution in [3.63, 3.8) is 0 Å². The second-order valence-corrected chi connectivity index (χ2v) is 5.16. The zero-order valence-electron chi connectivity index (χ0n) is 9.09. The van der Waals surface area contributed by atoms with Gasteiger partial charge in [0, 0.05) is 0 Å². The van der Waals surface area contributed by atoms with Crippen molar-refractivity contribution >= 4 is 5.97 Å². The molecule has 1 aliphatic rings. The lowest BCUT2D eigenvalue weighted by Gasteiger charge is -2.25. The summed E-state index contributed by atoms with van der Waals surface area (Å²) in [7, 11) is 0. The third-order valence-corrected chi connectivity index (χ3v) is 2.81. The summed E-state index contributed by atoms with van der Waals surface area (Å²) in [5.41, 5.74) is 0.0145. The molecule has 0 aromatic rings. The Bertz CT molecular complexity index is 187. The van der Waals surface area contributed by atoms with Crippen molar-refractivity contribution in [3.8, 4) is 0 Å². The molecule has 0 aliphatic heterocycles. The molecule has 76 valence electrons. The number of hydrogen-bond donors (Lipinski definition) is 0. The van der Waals surface area contributed by atoms with Crippen molar-refractivity contribution in [2.24, 2.45) is 17.3 Å². The maximum atomic E-state index is 11.5. The molecule has 1 rings (SSSR count). The summed E-state index contributed by atoms with van der Waals surface area (Å²) in [5.74, 6) is 0.613. The van der Waals surface area contributed by atoms with Gasteiger partial charge < -0.3 is 4.74 Å². The molecule has 1 unspecified atom stereocenters. The van der Waals surface area contributed by atoms with Crippen LogP contribution in [0.2, 0.25) is 0 Å². The lowest BCUT2D eigenvalue weighted by molar-refractivity contribution is -0.152. The Hall–Kier alpha value is -0.530. The summed E-state index contributed by atoms with van der Waals surface area (Å²) >= 11 is 0. The SMILES string of the molecule is CC(C(=O)OCC1CC1)C(C)(C)C. The fraction of sp³-hybridized carbons (Fsp3) is 0.909. The molecule has 1 atom stereocenters. The molecular weight excluding hydrogens is 164 g/mol. The molecule has 0 saturated heterocycles. The van der Waals surface area contributed by atoms with E-state index in [1.165, 1.54) is 12.8 Å². The average molecular weight is 184 g/mol. The number of carbonyl (C=O) groups excluding carboxylic acids is 1. The third kappa shape index (κ3) is 3.37. The second kappa shape index (κ2) is 3.69. The molecule has 0 aromatic carbocycles. The summed E-state index contributed by atoms with van der Waals surface area (Å²) in [6, 6.07) is 0. The van der Waals surface area contributed by atoms with E-state index in [0.717, 1.165) is 0 Å². The standard InChI is InChI=1S/C11H20O2/c1-8(11(2,3)4)10(12)13-7-9-5-6-9/h8-9H,5-7H2,1-4H3. The largest absolute Gasteiger partial charge is 0.465 e. The van der Waals surface area contributed by atoms with Crippen LogP contribution < -0.4 is 0 Å². The predicted octanol–water partition coefficient (Wildman–Crippen LogP) is 2.62. The van der Waals surface area contributed by atoms with Crippen LogP contribution in [-0.4, -0.2) is 12.6 Å². The first-order valence-corrected chi connectivity index (χ1v) is 5.08. The predicted molar refractivity (Wildman–Crippen MR) is 52.3 cm³/mol. The normalized spacial score (nSPS) is 19.7. The van der Waals surface area contributed by atoms with Gasteiger partial charge in [0.05, 0.1) is 12.5 Å². The van der Waals surface area contributed by atoms with Crippen LogP contribution in [0.15, 0.2) is 0 Å². The molecule has 2 heteroatoms. The molecule has 0 aromatic heterocycles. The van der Waals surface area contributed by atoms with Gasteiger partial charge in [-0.1, -0.05) is 27.7 Å². The zero-order valence-corrected chi connectivity index (χ0v) is 9.09. The van der Waals surface area contributed by atoms with Crippen molar-refractivity contribution in [1.29, 1.82) is 0 Å². The smallest absolute Gasteiger partial charge is 0.309 e. The first kappa shape index (κ1) is 10.6. The fourth-order valence-corrected chi connectivity index (χ4v) is 0.963. The summed E-state index contributed by atoms with van der Waals surface area (Å²) in [5, 5.41) is 0. The Labute approximate surface area is 80.7 Å². The quantitative estimate of drug-likeness (QED) is 0.630.